The van der Waals surface area contributed by atoms with Crippen LogP contribution in [0.3, 0.4) is 0 Å². The van der Waals surface area contributed by atoms with Crippen LogP contribution in [0.1, 0.15) is 303 Å². The van der Waals surface area contributed by atoms with E-state index in [1.54, 1.807) is 6.08 Å². The minimum Gasteiger partial charge on any atom is -0.394 e. The topological polar surface area (TPSA) is 169 Å². The lowest BCUT2D eigenvalue weighted by Crippen LogP contribution is -2.60. The fraction of sp³-hybridized carbons (Fsp3) is 0.891. The monoisotopic (exact) mass is 1050 g/mol. The maximum atomic E-state index is 13.1. The molecule has 1 heterocycles. The summed E-state index contributed by atoms with van der Waals surface area (Å²) in [5.74, 6) is -0.625. The van der Waals surface area contributed by atoms with E-state index in [2.05, 4.69) is 43.5 Å². The molecule has 10 heteroatoms. The highest BCUT2D eigenvalue weighted by molar-refractivity contribution is 5.80. The van der Waals surface area contributed by atoms with E-state index in [4.69, 9.17) is 9.47 Å². The Morgan fingerprint density at radius 3 is 1.18 bits per heavy atom. The number of carbonyl (C=O) groups is 1. The van der Waals surface area contributed by atoms with Gasteiger partial charge in [0.05, 0.1) is 25.4 Å². The first kappa shape index (κ1) is 70.4. The largest absolute Gasteiger partial charge is 0.394 e. The number of hydrogen-bond acceptors (Lipinski definition) is 9. The molecule has 74 heavy (non-hydrogen) atoms. The van der Waals surface area contributed by atoms with Gasteiger partial charge in [0.25, 0.3) is 0 Å². The lowest BCUT2D eigenvalue weighted by atomic mass is 9.99. The summed E-state index contributed by atoms with van der Waals surface area (Å²) in [6, 6.07) is -1.00. The molecule has 1 amide bonds. The molecule has 1 fully saturated rings. The second kappa shape index (κ2) is 53.4. The number of aliphatic hydroxyl groups excluding tert-OH is 6. The molecule has 7 N–H and O–H groups in total. The number of aliphatic hydroxyl groups is 6. The Morgan fingerprint density at radius 2 is 0.797 bits per heavy atom. The molecule has 436 valence electrons. The second-order valence-electron chi connectivity index (χ2n) is 22.3. The average molecular weight is 1050 g/mol. The predicted molar refractivity (Wildman–Crippen MR) is 310 cm³/mol. The van der Waals surface area contributed by atoms with Gasteiger partial charge in [-0.15, -0.1) is 0 Å². The molecule has 8 atom stereocenters. The molecule has 0 aromatic heterocycles. The van der Waals surface area contributed by atoms with Crippen LogP contribution in [0.15, 0.2) is 36.5 Å². The van der Waals surface area contributed by atoms with Gasteiger partial charge in [0.15, 0.2) is 6.29 Å². The molecule has 0 aromatic rings. The van der Waals surface area contributed by atoms with Crippen LogP contribution in [0.4, 0.5) is 0 Å². The number of amides is 1. The number of ether oxygens (including phenoxy) is 2. The number of hydrogen-bond donors (Lipinski definition) is 7. The van der Waals surface area contributed by atoms with Gasteiger partial charge >= 0.3 is 0 Å². The molecule has 0 spiro atoms. The van der Waals surface area contributed by atoms with E-state index in [0.717, 1.165) is 44.9 Å². The fourth-order valence-electron chi connectivity index (χ4n) is 10.2. The third-order valence-electron chi connectivity index (χ3n) is 15.3. The van der Waals surface area contributed by atoms with Gasteiger partial charge in [-0.05, 0) is 44.9 Å². The van der Waals surface area contributed by atoms with Gasteiger partial charge in [-0.1, -0.05) is 294 Å². The molecule has 1 aliphatic heterocycles. The molecule has 0 saturated carbocycles. The van der Waals surface area contributed by atoms with Gasteiger partial charge in [-0.3, -0.25) is 4.79 Å². The highest BCUT2D eigenvalue weighted by Gasteiger charge is 2.44. The Balaban J connectivity index is 2.17. The first-order chi connectivity index (χ1) is 36.3. The van der Waals surface area contributed by atoms with Gasteiger partial charge < -0.3 is 45.4 Å². The molecule has 1 rings (SSSR count). The maximum Gasteiger partial charge on any atom is 0.249 e. The quantitative estimate of drug-likeness (QED) is 0.0232. The van der Waals surface area contributed by atoms with Crippen molar-refractivity contribution in [2.75, 3.05) is 13.2 Å². The smallest absolute Gasteiger partial charge is 0.249 e. The Morgan fingerprint density at radius 1 is 0.459 bits per heavy atom. The first-order valence-electron chi connectivity index (χ1n) is 31.8. The van der Waals surface area contributed by atoms with E-state index in [0.29, 0.717) is 19.3 Å². The van der Waals surface area contributed by atoms with Crippen LogP contribution in [-0.4, -0.2) is 98.7 Å². The summed E-state index contributed by atoms with van der Waals surface area (Å²) >= 11 is 0. The molecule has 8 unspecified atom stereocenters. The zero-order chi connectivity index (χ0) is 53.8. The van der Waals surface area contributed by atoms with Crippen molar-refractivity contribution < 1.29 is 44.9 Å². The van der Waals surface area contributed by atoms with Gasteiger partial charge in [-0.2, -0.15) is 0 Å². The molecule has 0 aliphatic carbocycles. The summed E-state index contributed by atoms with van der Waals surface area (Å²) in [6.07, 6.45) is 59.9. The molecule has 0 bridgehead atoms. The first-order valence-corrected chi connectivity index (χ1v) is 31.8. The van der Waals surface area contributed by atoms with Gasteiger partial charge in [0.1, 0.15) is 30.5 Å². The van der Waals surface area contributed by atoms with Crippen molar-refractivity contribution in [2.24, 2.45) is 0 Å². The Bertz CT molecular complexity index is 1280. The van der Waals surface area contributed by atoms with Crippen LogP contribution in [0.2, 0.25) is 0 Å². The summed E-state index contributed by atoms with van der Waals surface area (Å²) in [6.45, 7) is 3.62. The van der Waals surface area contributed by atoms with E-state index >= 15 is 0 Å². The SMILES string of the molecule is CCCCCCCCC/C=C/CC/C=C/CC/C=C/C(O)C(COC1OC(CO)C(O)C(O)C1O)NC(=O)C(O)CCCCCCCCCCCCCCCCCCCCCCCCCCCCCCCCCC. The van der Waals surface area contributed by atoms with Crippen molar-refractivity contribution in [3.8, 4) is 0 Å². The Labute approximate surface area is 455 Å². The normalized spacial score (nSPS) is 19.6. The van der Waals surface area contributed by atoms with E-state index in [1.807, 2.05) is 6.08 Å². The van der Waals surface area contributed by atoms with Crippen LogP contribution in [0, 0.1) is 0 Å². The zero-order valence-corrected chi connectivity index (χ0v) is 48.2. The summed E-state index contributed by atoms with van der Waals surface area (Å²) < 4.78 is 11.2. The Kier molecular flexibility index (Phi) is 50.8. The van der Waals surface area contributed by atoms with Crippen molar-refractivity contribution in [3.05, 3.63) is 36.5 Å². The van der Waals surface area contributed by atoms with Crippen molar-refractivity contribution in [1.29, 1.82) is 0 Å². The maximum absolute atomic E-state index is 13.1. The third kappa shape index (κ3) is 41.5. The van der Waals surface area contributed by atoms with Crippen molar-refractivity contribution >= 4 is 5.91 Å². The summed E-state index contributed by atoms with van der Waals surface area (Å²) in [5.41, 5.74) is 0. The van der Waals surface area contributed by atoms with Gasteiger partial charge in [0.2, 0.25) is 5.91 Å². The minimum absolute atomic E-state index is 0.305. The van der Waals surface area contributed by atoms with E-state index in [1.165, 1.54) is 225 Å². The average Bonchev–Trinajstić information content (AvgIpc) is 3.40. The highest BCUT2D eigenvalue weighted by atomic mass is 16.7. The number of unbranched alkanes of at least 4 members (excludes halogenated alkanes) is 40. The molecule has 1 saturated heterocycles. The molecule has 0 aromatic carbocycles. The van der Waals surface area contributed by atoms with Crippen molar-refractivity contribution in [1.82, 2.24) is 5.32 Å². The lowest BCUT2D eigenvalue weighted by molar-refractivity contribution is -0.302. The highest BCUT2D eigenvalue weighted by Crippen LogP contribution is 2.23. The minimum atomic E-state index is -1.62. The number of nitrogens with one attached hydrogen (secondary N) is 1. The van der Waals surface area contributed by atoms with E-state index < -0.39 is 61.5 Å². The summed E-state index contributed by atoms with van der Waals surface area (Å²) in [7, 11) is 0. The molecular formula is C64H121NO9. The van der Waals surface area contributed by atoms with E-state index in [-0.39, 0.29) is 6.61 Å². The second-order valence-corrected chi connectivity index (χ2v) is 22.3. The Hall–Kier alpha value is -1.63. The number of allylic oxidation sites excluding steroid dienone is 5. The van der Waals surface area contributed by atoms with Crippen LogP contribution >= 0.6 is 0 Å². The van der Waals surface area contributed by atoms with Gasteiger partial charge in [0, 0.05) is 0 Å². The standard InChI is InChI=1S/C64H121NO9/c1-3-5-7-9-11-13-15-17-19-21-22-23-24-25-26-27-28-29-30-31-32-33-34-35-37-39-41-43-45-47-49-51-53-58(68)63(72)65-56(55-73-64-62(71)61(70)60(69)59(54-66)74-64)57(67)52-50-48-46-44-42-40-38-36-20-18-16-14-12-10-8-6-4-2/h20,36,42,44,50,52,56-62,64,66-71H,3-19,21-35,37-41,43,45-49,51,53-55H2,1-2H3,(H,65,72)/b36-20+,44-42+,52-50+. The van der Waals surface area contributed by atoms with Gasteiger partial charge in [-0.25, -0.2) is 0 Å². The van der Waals surface area contributed by atoms with Crippen molar-refractivity contribution in [3.63, 3.8) is 0 Å². The summed E-state index contributed by atoms with van der Waals surface area (Å²) in [4.78, 5) is 13.1. The third-order valence-corrected chi connectivity index (χ3v) is 15.3. The predicted octanol–water partition coefficient (Wildman–Crippen LogP) is 15.3. The molecule has 10 nitrogen and oxygen atoms in total. The number of rotatable bonds is 55. The van der Waals surface area contributed by atoms with E-state index in [9.17, 15) is 35.4 Å². The lowest BCUT2D eigenvalue weighted by Gasteiger charge is -2.40. The van der Waals surface area contributed by atoms with Crippen LogP contribution in [0.25, 0.3) is 0 Å². The zero-order valence-electron chi connectivity index (χ0n) is 48.2. The fourth-order valence-corrected chi connectivity index (χ4v) is 10.2. The van der Waals surface area contributed by atoms with Crippen LogP contribution in [0.5, 0.6) is 0 Å². The number of carbonyl (C=O) groups excluding carboxylic acids is 1. The molecular weight excluding hydrogens is 927 g/mol. The summed E-state index contributed by atoms with van der Waals surface area (Å²) in [5, 5.41) is 65.1. The van der Waals surface area contributed by atoms with Crippen LogP contribution < -0.4 is 5.32 Å². The van der Waals surface area contributed by atoms with Crippen molar-refractivity contribution in [2.45, 2.75) is 352 Å². The molecule has 0 radical (unpaired) electrons. The van der Waals surface area contributed by atoms with Crippen LogP contribution in [-0.2, 0) is 14.3 Å². The molecule has 1 aliphatic rings.